The molecule has 0 atom stereocenters. The molecule has 1 aliphatic rings. The van der Waals surface area contributed by atoms with Crippen LogP contribution in [-0.4, -0.2) is 31.0 Å². The molecule has 0 aliphatic heterocycles. The molecular weight excluding hydrogens is 334 g/mol. The summed E-state index contributed by atoms with van der Waals surface area (Å²) in [5.41, 5.74) is 2.84. The molecule has 1 saturated carbocycles. The van der Waals surface area contributed by atoms with Gasteiger partial charge in [-0.05, 0) is 49.6 Å². The van der Waals surface area contributed by atoms with E-state index in [9.17, 15) is 13.2 Å². The lowest BCUT2D eigenvalue weighted by molar-refractivity contribution is 0.0730. The number of nitrogens with zero attached hydrogens (tertiary/aromatic N) is 1. The second-order valence-corrected chi connectivity index (χ2v) is 8.86. The van der Waals surface area contributed by atoms with Crippen LogP contribution in [0.5, 0.6) is 0 Å². The third kappa shape index (κ3) is 4.10. The molecule has 0 unspecified atom stereocenters. The summed E-state index contributed by atoms with van der Waals surface area (Å²) >= 11 is 0. The van der Waals surface area contributed by atoms with E-state index in [1.165, 1.54) is 17.7 Å². The van der Waals surface area contributed by atoms with Gasteiger partial charge in [0.2, 0.25) is 0 Å². The van der Waals surface area contributed by atoms with Crippen molar-refractivity contribution in [2.45, 2.75) is 44.2 Å². The summed E-state index contributed by atoms with van der Waals surface area (Å²) in [5.74, 6) is 0.0191. The predicted molar refractivity (Wildman–Crippen MR) is 98.2 cm³/mol. The molecule has 1 fully saturated rings. The third-order valence-electron chi connectivity index (χ3n) is 4.56. The highest BCUT2D eigenvalue weighted by molar-refractivity contribution is 7.91. The van der Waals surface area contributed by atoms with Crippen LogP contribution < -0.4 is 0 Å². The van der Waals surface area contributed by atoms with Crippen molar-refractivity contribution >= 4 is 15.7 Å². The van der Waals surface area contributed by atoms with Gasteiger partial charge in [0, 0.05) is 18.2 Å². The zero-order valence-electron chi connectivity index (χ0n) is 14.6. The number of carbonyl (C=O) groups excluding carboxylic acids is 1. The smallest absolute Gasteiger partial charge is 0.254 e. The molecule has 0 spiro atoms. The van der Waals surface area contributed by atoms with Crippen LogP contribution in [-0.2, 0) is 16.4 Å². The first-order valence-electron chi connectivity index (χ1n) is 8.60. The van der Waals surface area contributed by atoms with Crippen molar-refractivity contribution in [1.82, 2.24) is 4.90 Å². The highest BCUT2D eigenvalue weighted by Crippen LogP contribution is 2.30. The largest absolute Gasteiger partial charge is 0.331 e. The van der Waals surface area contributed by atoms with Crippen molar-refractivity contribution in [3.8, 4) is 0 Å². The number of rotatable bonds is 6. The summed E-state index contributed by atoms with van der Waals surface area (Å²) in [6.07, 6.45) is 2.06. The van der Waals surface area contributed by atoms with E-state index in [4.69, 9.17) is 0 Å². The lowest BCUT2D eigenvalue weighted by atomic mass is 10.1. The number of benzene rings is 2. The van der Waals surface area contributed by atoms with Gasteiger partial charge in [0.1, 0.15) is 0 Å². The lowest BCUT2D eigenvalue weighted by Crippen LogP contribution is -2.32. The minimum atomic E-state index is -3.24. The van der Waals surface area contributed by atoms with Gasteiger partial charge >= 0.3 is 0 Å². The molecule has 3 rings (SSSR count). The van der Waals surface area contributed by atoms with E-state index in [0.717, 1.165) is 18.4 Å². The fourth-order valence-corrected chi connectivity index (χ4v) is 3.66. The molecule has 0 heterocycles. The SMILES string of the molecule is CCS(=O)(=O)c1ccc(C(=O)N(Cc2ccc(C)cc2)C2CC2)cc1. The predicted octanol–water partition coefficient (Wildman–Crippen LogP) is 3.59. The van der Waals surface area contributed by atoms with Crippen molar-refractivity contribution in [2.75, 3.05) is 5.75 Å². The highest BCUT2D eigenvalue weighted by Gasteiger charge is 2.33. The Labute approximate surface area is 149 Å². The summed E-state index contributed by atoms with van der Waals surface area (Å²) in [7, 11) is -3.24. The molecule has 2 aromatic carbocycles. The molecule has 4 nitrogen and oxygen atoms in total. The highest BCUT2D eigenvalue weighted by atomic mass is 32.2. The minimum Gasteiger partial charge on any atom is -0.331 e. The standard InChI is InChI=1S/C20H23NO3S/c1-3-25(23,24)19-12-8-17(9-13-19)20(22)21(18-10-11-18)14-16-6-4-15(2)5-7-16/h4-9,12-13,18H,3,10-11,14H2,1-2H3. The summed E-state index contributed by atoms with van der Waals surface area (Å²) in [4.78, 5) is 15.1. The van der Waals surface area contributed by atoms with Gasteiger partial charge in [-0.2, -0.15) is 0 Å². The van der Waals surface area contributed by atoms with Gasteiger partial charge in [-0.15, -0.1) is 0 Å². The molecule has 25 heavy (non-hydrogen) atoms. The average Bonchev–Trinajstić information content (AvgIpc) is 3.46. The van der Waals surface area contributed by atoms with Gasteiger partial charge < -0.3 is 4.90 Å². The average molecular weight is 357 g/mol. The molecule has 0 aromatic heterocycles. The first kappa shape index (κ1) is 17.7. The minimum absolute atomic E-state index is 0.0384. The van der Waals surface area contributed by atoms with Crippen LogP contribution in [0.3, 0.4) is 0 Å². The van der Waals surface area contributed by atoms with E-state index in [1.54, 1.807) is 19.1 Å². The molecule has 5 heteroatoms. The van der Waals surface area contributed by atoms with E-state index in [2.05, 4.69) is 24.3 Å². The molecule has 0 saturated heterocycles. The van der Waals surface area contributed by atoms with Crippen LogP contribution in [0.1, 0.15) is 41.3 Å². The van der Waals surface area contributed by atoms with Crippen LogP contribution >= 0.6 is 0 Å². The Kier molecular flexibility index (Phi) is 4.95. The molecule has 0 bridgehead atoms. The Morgan fingerprint density at radius 1 is 1.04 bits per heavy atom. The van der Waals surface area contributed by atoms with Crippen LogP contribution in [0.25, 0.3) is 0 Å². The topological polar surface area (TPSA) is 54.5 Å². The number of hydrogen-bond donors (Lipinski definition) is 0. The summed E-state index contributed by atoms with van der Waals surface area (Å²) in [6, 6.07) is 14.8. The molecule has 0 N–H and O–H groups in total. The quantitative estimate of drug-likeness (QED) is 0.794. The van der Waals surface area contributed by atoms with Crippen LogP contribution in [0.15, 0.2) is 53.4 Å². The first-order valence-corrected chi connectivity index (χ1v) is 10.3. The van der Waals surface area contributed by atoms with Crippen molar-refractivity contribution in [1.29, 1.82) is 0 Å². The maximum Gasteiger partial charge on any atom is 0.254 e. The van der Waals surface area contributed by atoms with Gasteiger partial charge in [-0.3, -0.25) is 4.79 Å². The summed E-state index contributed by atoms with van der Waals surface area (Å²) in [5, 5.41) is 0. The molecule has 1 amide bonds. The Morgan fingerprint density at radius 3 is 2.16 bits per heavy atom. The Balaban J connectivity index is 1.80. The molecule has 132 valence electrons. The zero-order chi connectivity index (χ0) is 18.0. The van der Waals surface area contributed by atoms with Crippen molar-refractivity contribution in [3.05, 3.63) is 65.2 Å². The number of carbonyl (C=O) groups is 1. The van der Waals surface area contributed by atoms with Crippen molar-refractivity contribution in [3.63, 3.8) is 0 Å². The first-order chi connectivity index (χ1) is 11.9. The maximum atomic E-state index is 12.9. The van der Waals surface area contributed by atoms with Crippen LogP contribution in [0.2, 0.25) is 0 Å². The summed E-state index contributed by atoms with van der Waals surface area (Å²) in [6.45, 7) is 4.24. The normalized spacial score (nSPS) is 14.3. The van der Waals surface area contributed by atoms with E-state index in [0.29, 0.717) is 12.1 Å². The summed E-state index contributed by atoms with van der Waals surface area (Å²) < 4.78 is 23.8. The third-order valence-corrected chi connectivity index (χ3v) is 6.31. The van der Waals surface area contributed by atoms with Crippen LogP contribution in [0.4, 0.5) is 0 Å². The molecule has 0 radical (unpaired) electrons. The molecular formula is C20H23NO3S. The second kappa shape index (κ2) is 7.00. The van der Waals surface area contributed by atoms with Gasteiger partial charge in [-0.1, -0.05) is 36.8 Å². The van der Waals surface area contributed by atoms with Gasteiger partial charge in [-0.25, -0.2) is 8.42 Å². The fourth-order valence-electron chi connectivity index (χ4n) is 2.78. The van der Waals surface area contributed by atoms with E-state index in [1.807, 2.05) is 11.8 Å². The number of hydrogen-bond acceptors (Lipinski definition) is 3. The Bertz CT molecular complexity index is 851. The van der Waals surface area contributed by atoms with Crippen molar-refractivity contribution in [2.24, 2.45) is 0 Å². The zero-order valence-corrected chi connectivity index (χ0v) is 15.4. The number of sulfone groups is 1. The van der Waals surface area contributed by atoms with Gasteiger partial charge in [0.25, 0.3) is 5.91 Å². The van der Waals surface area contributed by atoms with E-state index >= 15 is 0 Å². The lowest BCUT2D eigenvalue weighted by Gasteiger charge is -2.23. The fraction of sp³-hybridized carbons (Fsp3) is 0.350. The van der Waals surface area contributed by atoms with Gasteiger partial charge in [0.15, 0.2) is 9.84 Å². The van der Waals surface area contributed by atoms with Crippen molar-refractivity contribution < 1.29 is 13.2 Å². The monoisotopic (exact) mass is 357 g/mol. The number of aryl methyl sites for hydroxylation is 1. The van der Waals surface area contributed by atoms with E-state index in [-0.39, 0.29) is 22.6 Å². The number of amides is 1. The Morgan fingerprint density at radius 2 is 1.64 bits per heavy atom. The maximum absolute atomic E-state index is 12.9. The Hall–Kier alpha value is -2.14. The van der Waals surface area contributed by atoms with Gasteiger partial charge in [0.05, 0.1) is 10.6 Å². The van der Waals surface area contributed by atoms with Crippen LogP contribution in [0, 0.1) is 6.92 Å². The molecule has 2 aromatic rings. The second-order valence-electron chi connectivity index (χ2n) is 6.58. The molecule has 1 aliphatic carbocycles. The van der Waals surface area contributed by atoms with E-state index < -0.39 is 9.84 Å².